The quantitative estimate of drug-likeness (QED) is 0.814. The zero-order valence-electron chi connectivity index (χ0n) is 13.9. The molecule has 2 heterocycles. The number of nitrogens with zero attached hydrogens (tertiary/aromatic N) is 3. The summed E-state index contributed by atoms with van der Waals surface area (Å²) < 4.78 is 5.24. The molecule has 1 atom stereocenters. The first-order chi connectivity index (χ1) is 11.7. The van der Waals surface area contributed by atoms with Gasteiger partial charge in [-0.15, -0.1) is 0 Å². The fourth-order valence-corrected chi connectivity index (χ4v) is 3.06. The van der Waals surface area contributed by atoms with Gasteiger partial charge in [-0.05, 0) is 19.1 Å². The lowest BCUT2D eigenvalue weighted by atomic mass is 10.1. The Morgan fingerprint density at radius 3 is 2.92 bits per heavy atom. The number of aliphatic hydroxyl groups is 1. The molecule has 0 bridgehead atoms. The maximum atomic E-state index is 12.8. The number of piperazine rings is 1. The van der Waals surface area contributed by atoms with Crippen LogP contribution in [0.4, 0.5) is 0 Å². The summed E-state index contributed by atoms with van der Waals surface area (Å²) in [4.78, 5) is 16.8. The second-order valence-corrected chi connectivity index (χ2v) is 6.04. The van der Waals surface area contributed by atoms with Crippen LogP contribution in [-0.4, -0.2) is 83.1 Å². The summed E-state index contributed by atoms with van der Waals surface area (Å²) in [6.45, 7) is 6.31. The molecule has 1 aliphatic rings. The molecule has 2 N–H and O–H groups in total. The molecule has 2 aromatic rings. The molecule has 130 valence electrons. The Hall–Kier alpha value is -1.96. The van der Waals surface area contributed by atoms with Crippen molar-refractivity contribution < 1.29 is 14.6 Å². The Kier molecular flexibility index (Phi) is 5.44. The van der Waals surface area contributed by atoms with E-state index >= 15 is 0 Å². The first-order valence-electron chi connectivity index (χ1n) is 8.38. The number of carbonyl (C=O) groups is 1. The second kappa shape index (κ2) is 7.74. The second-order valence-electron chi connectivity index (χ2n) is 6.04. The summed E-state index contributed by atoms with van der Waals surface area (Å²) in [5.41, 5.74) is 1.56. The summed E-state index contributed by atoms with van der Waals surface area (Å²) >= 11 is 0. The summed E-state index contributed by atoms with van der Waals surface area (Å²) in [6, 6.07) is 5.63. The fraction of sp³-hybridized carbons (Fsp3) is 0.529. The van der Waals surface area contributed by atoms with Crippen molar-refractivity contribution in [3.8, 4) is 0 Å². The highest BCUT2D eigenvalue weighted by Crippen LogP contribution is 2.18. The van der Waals surface area contributed by atoms with E-state index in [1.54, 1.807) is 6.20 Å². The molecule has 1 aromatic carbocycles. The van der Waals surface area contributed by atoms with Crippen molar-refractivity contribution >= 4 is 16.8 Å². The normalized spacial score (nSPS) is 17.3. The van der Waals surface area contributed by atoms with Crippen LogP contribution in [0.3, 0.4) is 0 Å². The van der Waals surface area contributed by atoms with Crippen LogP contribution >= 0.6 is 0 Å². The Bertz CT molecular complexity index is 679. The molecule has 0 spiro atoms. The van der Waals surface area contributed by atoms with E-state index in [1.165, 1.54) is 0 Å². The number of aromatic nitrogens is 2. The number of benzene rings is 1. The standard InChI is InChI=1S/C17H24N4O3/c1-2-24-12-13(22)11-20-6-8-21(9-7-20)17(23)14-4-3-5-16-15(14)10-18-19-16/h3-5,10,13,22H,2,6-9,11-12H2,1H3,(H,18,19). The number of nitrogens with one attached hydrogen (secondary N) is 1. The molecule has 1 saturated heterocycles. The minimum atomic E-state index is -0.480. The van der Waals surface area contributed by atoms with Crippen molar-refractivity contribution in [2.75, 3.05) is 45.9 Å². The number of H-pyrrole nitrogens is 1. The molecule has 1 unspecified atom stereocenters. The van der Waals surface area contributed by atoms with Crippen LogP contribution in [0.15, 0.2) is 24.4 Å². The minimum absolute atomic E-state index is 0.0384. The highest BCUT2D eigenvalue weighted by Gasteiger charge is 2.24. The van der Waals surface area contributed by atoms with Gasteiger partial charge < -0.3 is 14.7 Å². The third-order valence-electron chi connectivity index (χ3n) is 4.36. The summed E-state index contributed by atoms with van der Waals surface area (Å²) in [6.07, 6.45) is 1.22. The molecule has 1 amide bonds. The number of amides is 1. The largest absolute Gasteiger partial charge is 0.389 e. The van der Waals surface area contributed by atoms with Crippen LogP contribution in [0.1, 0.15) is 17.3 Å². The van der Waals surface area contributed by atoms with E-state index in [0.717, 1.165) is 24.0 Å². The van der Waals surface area contributed by atoms with E-state index in [2.05, 4.69) is 15.1 Å². The maximum absolute atomic E-state index is 12.8. The number of fused-ring (bicyclic) bond motifs is 1. The van der Waals surface area contributed by atoms with E-state index < -0.39 is 6.10 Å². The number of β-amino-alcohol motifs (C(OH)–C–C–N with tert-alkyl or cyclic N) is 1. The predicted molar refractivity (Wildman–Crippen MR) is 90.9 cm³/mol. The SMILES string of the molecule is CCOCC(O)CN1CCN(C(=O)c2cccc3[nH]ncc23)CC1. The van der Waals surface area contributed by atoms with Gasteiger partial charge in [-0.2, -0.15) is 5.10 Å². The van der Waals surface area contributed by atoms with Crippen molar-refractivity contribution in [2.24, 2.45) is 0 Å². The number of aromatic amines is 1. The van der Waals surface area contributed by atoms with Gasteiger partial charge in [0, 0.05) is 44.7 Å². The van der Waals surface area contributed by atoms with Crippen LogP contribution in [0.5, 0.6) is 0 Å². The van der Waals surface area contributed by atoms with E-state index in [0.29, 0.717) is 38.4 Å². The van der Waals surface area contributed by atoms with Crippen molar-refractivity contribution in [1.82, 2.24) is 20.0 Å². The Labute approximate surface area is 141 Å². The van der Waals surface area contributed by atoms with Crippen LogP contribution in [0.25, 0.3) is 10.9 Å². The van der Waals surface area contributed by atoms with Gasteiger partial charge in [0.2, 0.25) is 0 Å². The van der Waals surface area contributed by atoms with Crippen LogP contribution < -0.4 is 0 Å². The van der Waals surface area contributed by atoms with Gasteiger partial charge in [-0.25, -0.2) is 0 Å². The zero-order chi connectivity index (χ0) is 16.9. The Morgan fingerprint density at radius 2 is 2.17 bits per heavy atom. The molecule has 3 rings (SSSR count). The Balaban J connectivity index is 1.56. The molecule has 1 aliphatic heterocycles. The Morgan fingerprint density at radius 1 is 1.38 bits per heavy atom. The van der Waals surface area contributed by atoms with E-state index in [4.69, 9.17) is 4.74 Å². The number of hydrogen-bond donors (Lipinski definition) is 2. The third-order valence-corrected chi connectivity index (χ3v) is 4.36. The van der Waals surface area contributed by atoms with Crippen molar-refractivity contribution in [2.45, 2.75) is 13.0 Å². The highest BCUT2D eigenvalue weighted by molar-refractivity contribution is 6.06. The zero-order valence-corrected chi connectivity index (χ0v) is 13.9. The number of ether oxygens (including phenoxy) is 1. The number of carbonyl (C=O) groups excluding carboxylic acids is 1. The topological polar surface area (TPSA) is 81.7 Å². The first-order valence-corrected chi connectivity index (χ1v) is 8.38. The summed E-state index contributed by atoms with van der Waals surface area (Å²) in [5.74, 6) is 0.0384. The lowest BCUT2D eigenvalue weighted by Gasteiger charge is -2.35. The molecule has 0 aliphatic carbocycles. The summed E-state index contributed by atoms with van der Waals surface area (Å²) in [7, 11) is 0. The molecular formula is C17H24N4O3. The molecular weight excluding hydrogens is 308 g/mol. The van der Waals surface area contributed by atoms with E-state index in [1.807, 2.05) is 30.0 Å². The molecule has 7 nitrogen and oxygen atoms in total. The summed E-state index contributed by atoms with van der Waals surface area (Å²) in [5, 5.41) is 17.7. The van der Waals surface area contributed by atoms with Crippen LogP contribution in [0, 0.1) is 0 Å². The van der Waals surface area contributed by atoms with E-state index in [9.17, 15) is 9.90 Å². The van der Waals surface area contributed by atoms with E-state index in [-0.39, 0.29) is 5.91 Å². The minimum Gasteiger partial charge on any atom is -0.389 e. The molecule has 0 radical (unpaired) electrons. The first kappa shape index (κ1) is 16.9. The van der Waals surface area contributed by atoms with Gasteiger partial charge in [0.25, 0.3) is 5.91 Å². The predicted octanol–water partition coefficient (Wildman–Crippen LogP) is 0.718. The fourth-order valence-electron chi connectivity index (χ4n) is 3.06. The number of aliphatic hydroxyl groups excluding tert-OH is 1. The lowest BCUT2D eigenvalue weighted by Crippen LogP contribution is -2.50. The average molecular weight is 332 g/mol. The van der Waals surface area contributed by atoms with Gasteiger partial charge in [0.05, 0.1) is 30.0 Å². The lowest BCUT2D eigenvalue weighted by molar-refractivity contribution is 0.0111. The monoisotopic (exact) mass is 332 g/mol. The van der Waals surface area contributed by atoms with Crippen molar-refractivity contribution in [3.05, 3.63) is 30.0 Å². The average Bonchev–Trinajstić information content (AvgIpc) is 3.08. The molecule has 7 heteroatoms. The number of rotatable bonds is 6. The van der Waals surface area contributed by atoms with Gasteiger partial charge in [0.1, 0.15) is 0 Å². The molecule has 24 heavy (non-hydrogen) atoms. The smallest absolute Gasteiger partial charge is 0.254 e. The van der Waals surface area contributed by atoms with Gasteiger partial charge in [-0.3, -0.25) is 14.8 Å². The highest BCUT2D eigenvalue weighted by atomic mass is 16.5. The number of hydrogen-bond acceptors (Lipinski definition) is 5. The molecule has 1 aromatic heterocycles. The van der Waals surface area contributed by atoms with Gasteiger partial charge in [0.15, 0.2) is 0 Å². The van der Waals surface area contributed by atoms with Crippen molar-refractivity contribution in [1.29, 1.82) is 0 Å². The van der Waals surface area contributed by atoms with Crippen LogP contribution in [0.2, 0.25) is 0 Å². The van der Waals surface area contributed by atoms with Crippen molar-refractivity contribution in [3.63, 3.8) is 0 Å². The maximum Gasteiger partial charge on any atom is 0.254 e. The van der Waals surface area contributed by atoms with Gasteiger partial charge >= 0.3 is 0 Å². The van der Waals surface area contributed by atoms with Crippen LogP contribution in [-0.2, 0) is 4.74 Å². The molecule has 1 fully saturated rings. The third kappa shape index (κ3) is 3.75. The van der Waals surface area contributed by atoms with Gasteiger partial charge in [-0.1, -0.05) is 6.07 Å². The molecule has 0 saturated carbocycles.